The Morgan fingerprint density at radius 3 is 2.50 bits per heavy atom. The molecule has 7 heteroatoms. The van der Waals surface area contributed by atoms with Gasteiger partial charge in [-0.2, -0.15) is 5.10 Å². The number of aryl methyl sites for hydroxylation is 1. The lowest BCUT2D eigenvalue weighted by molar-refractivity contribution is 0.0942. The zero-order valence-electron chi connectivity index (χ0n) is 16.2. The maximum atomic E-state index is 12.6. The predicted octanol–water partition coefficient (Wildman–Crippen LogP) is 3.45. The second-order valence-electron chi connectivity index (χ2n) is 6.91. The van der Waals surface area contributed by atoms with E-state index in [1.54, 1.807) is 22.9 Å². The van der Waals surface area contributed by atoms with Gasteiger partial charge < -0.3 is 16.0 Å². The molecule has 28 heavy (non-hydrogen) atoms. The van der Waals surface area contributed by atoms with Crippen LogP contribution in [0.4, 0.5) is 5.82 Å². The fourth-order valence-electron chi connectivity index (χ4n) is 3.08. The molecule has 0 spiro atoms. The number of nitrogens with one attached hydrogen (secondary N) is 1. The van der Waals surface area contributed by atoms with Gasteiger partial charge in [-0.3, -0.25) is 4.79 Å². The van der Waals surface area contributed by atoms with Crippen molar-refractivity contribution < 1.29 is 4.79 Å². The van der Waals surface area contributed by atoms with E-state index in [0.717, 1.165) is 16.9 Å². The number of carbonyl (C=O) groups excluding carboxylic acids is 1. The minimum Gasteiger partial charge on any atom is -0.384 e. The summed E-state index contributed by atoms with van der Waals surface area (Å²) in [7, 11) is 3.95. The Kier molecular flexibility index (Phi) is 6.02. The molecule has 0 saturated heterocycles. The van der Waals surface area contributed by atoms with Gasteiger partial charge in [-0.15, -0.1) is 0 Å². The molecule has 0 aliphatic heterocycles. The first-order chi connectivity index (χ1) is 13.3. The minimum absolute atomic E-state index is 0.0220. The number of nitrogens with zero attached hydrogens (tertiary/aromatic N) is 3. The van der Waals surface area contributed by atoms with E-state index in [9.17, 15) is 4.79 Å². The van der Waals surface area contributed by atoms with Gasteiger partial charge >= 0.3 is 0 Å². The van der Waals surface area contributed by atoms with Crippen LogP contribution >= 0.6 is 11.6 Å². The van der Waals surface area contributed by atoms with Gasteiger partial charge in [0.15, 0.2) is 0 Å². The van der Waals surface area contributed by atoms with Gasteiger partial charge in [0.2, 0.25) is 0 Å². The van der Waals surface area contributed by atoms with Crippen molar-refractivity contribution >= 4 is 23.3 Å². The smallest absolute Gasteiger partial charge is 0.251 e. The van der Waals surface area contributed by atoms with Crippen molar-refractivity contribution in [3.63, 3.8) is 0 Å². The van der Waals surface area contributed by atoms with Crippen molar-refractivity contribution in [3.8, 4) is 5.69 Å². The molecule has 2 aromatic carbocycles. The van der Waals surface area contributed by atoms with Crippen LogP contribution in [-0.4, -0.2) is 41.2 Å². The first-order valence-corrected chi connectivity index (χ1v) is 9.35. The number of hydrogen-bond acceptors (Lipinski definition) is 4. The van der Waals surface area contributed by atoms with Crippen molar-refractivity contribution in [3.05, 3.63) is 76.4 Å². The van der Waals surface area contributed by atoms with E-state index >= 15 is 0 Å². The van der Waals surface area contributed by atoms with Crippen molar-refractivity contribution in [2.24, 2.45) is 0 Å². The van der Waals surface area contributed by atoms with E-state index in [2.05, 4.69) is 15.3 Å². The number of nitrogens with two attached hydrogens (primary N) is 1. The van der Waals surface area contributed by atoms with Gasteiger partial charge in [0.25, 0.3) is 5.91 Å². The molecular weight excluding hydrogens is 374 g/mol. The lowest BCUT2D eigenvalue weighted by atomic mass is 10.1. The summed E-state index contributed by atoms with van der Waals surface area (Å²) in [5.74, 6) is 0.426. The van der Waals surface area contributed by atoms with Crippen LogP contribution in [0.5, 0.6) is 0 Å². The molecular formula is C21H24ClN5O. The van der Waals surface area contributed by atoms with Crippen LogP contribution in [0.25, 0.3) is 5.69 Å². The number of hydrogen-bond donors (Lipinski definition) is 2. The van der Waals surface area contributed by atoms with Gasteiger partial charge in [-0.25, -0.2) is 4.68 Å². The number of aromatic nitrogens is 2. The van der Waals surface area contributed by atoms with E-state index in [1.807, 2.05) is 57.4 Å². The maximum absolute atomic E-state index is 12.6. The van der Waals surface area contributed by atoms with Crippen molar-refractivity contribution in [2.75, 3.05) is 26.4 Å². The lowest BCUT2D eigenvalue weighted by Crippen LogP contribution is -2.34. The van der Waals surface area contributed by atoms with Crippen LogP contribution in [0, 0.1) is 6.92 Å². The summed E-state index contributed by atoms with van der Waals surface area (Å²) in [5.41, 5.74) is 9.24. The van der Waals surface area contributed by atoms with Crippen molar-refractivity contribution in [1.29, 1.82) is 0 Å². The van der Waals surface area contributed by atoms with E-state index in [-0.39, 0.29) is 11.9 Å². The Morgan fingerprint density at radius 1 is 1.21 bits per heavy atom. The number of anilines is 1. The SMILES string of the molecule is Cc1cc(N)n(-c2ccc(C(=O)NCC(c3cccc(Cl)c3)N(C)C)cc2)n1. The van der Waals surface area contributed by atoms with Gasteiger partial charge in [-0.1, -0.05) is 23.7 Å². The summed E-state index contributed by atoms with van der Waals surface area (Å²) < 4.78 is 1.65. The zero-order valence-corrected chi connectivity index (χ0v) is 16.9. The fraction of sp³-hybridized carbons (Fsp3) is 0.238. The Labute approximate surface area is 169 Å². The quantitative estimate of drug-likeness (QED) is 0.668. The number of likely N-dealkylation sites (N-methyl/N-ethyl adjacent to an activating group) is 1. The molecule has 3 N–H and O–H groups in total. The molecule has 3 rings (SSSR count). The second-order valence-corrected chi connectivity index (χ2v) is 7.35. The van der Waals surface area contributed by atoms with E-state index in [0.29, 0.717) is 22.9 Å². The first kappa shape index (κ1) is 19.9. The van der Waals surface area contributed by atoms with Crippen LogP contribution in [0.1, 0.15) is 27.7 Å². The Hall–Kier alpha value is -2.83. The van der Waals surface area contributed by atoms with Crippen molar-refractivity contribution in [1.82, 2.24) is 20.0 Å². The topological polar surface area (TPSA) is 76.2 Å². The number of carbonyl (C=O) groups is 1. The Morgan fingerprint density at radius 2 is 1.93 bits per heavy atom. The highest BCUT2D eigenvalue weighted by Gasteiger charge is 2.16. The van der Waals surface area contributed by atoms with Crippen LogP contribution < -0.4 is 11.1 Å². The molecule has 6 nitrogen and oxygen atoms in total. The van der Waals surface area contributed by atoms with Gasteiger partial charge in [-0.05, 0) is 63.0 Å². The average molecular weight is 398 g/mol. The Balaban J connectivity index is 1.69. The zero-order chi connectivity index (χ0) is 20.3. The molecule has 1 amide bonds. The van der Waals surface area contributed by atoms with Gasteiger partial charge in [0.1, 0.15) is 5.82 Å². The van der Waals surface area contributed by atoms with Crippen LogP contribution in [-0.2, 0) is 0 Å². The largest absolute Gasteiger partial charge is 0.384 e. The third kappa shape index (κ3) is 4.52. The highest BCUT2D eigenvalue weighted by Crippen LogP contribution is 2.21. The molecule has 0 aliphatic rings. The van der Waals surface area contributed by atoms with E-state index in [1.165, 1.54) is 0 Å². The fourth-order valence-corrected chi connectivity index (χ4v) is 3.28. The molecule has 1 aromatic heterocycles. The lowest BCUT2D eigenvalue weighted by Gasteiger charge is -2.25. The van der Waals surface area contributed by atoms with Gasteiger partial charge in [0, 0.05) is 23.2 Å². The molecule has 0 bridgehead atoms. The molecule has 1 unspecified atom stereocenters. The number of benzene rings is 2. The normalized spacial score (nSPS) is 12.2. The highest BCUT2D eigenvalue weighted by atomic mass is 35.5. The summed E-state index contributed by atoms with van der Waals surface area (Å²) in [6, 6.07) is 16.7. The van der Waals surface area contributed by atoms with Crippen LogP contribution in [0.3, 0.4) is 0 Å². The van der Waals surface area contributed by atoms with Gasteiger partial charge in [0.05, 0.1) is 17.4 Å². The second kappa shape index (κ2) is 8.46. The Bertz CT molecular complexity index is 965. The average Bonchev–Trinajstić information content (AvgIpc) is 3.00. The van der Waals surface area contributed by atoms with Crippen molar-refractivity contribution in [2.45, 2.75) is 13.0 Å². The highest BCUT2D eigenvalue weighted by molar-refractivity contribution is 6.30. The van der Waals surface area contributed by atoms with E-state index < -0.39 is 0 Å². The molecule has 1 heterocycles. The summed E-state index contributed by atoms with van der Waals surface area (Å²) in [6.07, 6.45) is 0. The summed E-state index contributed by atoms with van der Waals surface area (Å²) in [4.78, 5) is 14.6. The number of rotatable bonds is 6. The number of amides is 1. The molecule has 1 atom stereocenters. The van der Waals surface area contributed by atoms with Crippen LogP contribution in [0.15, 0.2) is 54.6 Å². The monoisotopic (exact) mass is 397 g/mol. The summed E-state index contributed by atoms with van der Waals surface area (Å²) in [5, 5.41) is 8.03. The predicted molar refractivity (Wildman–Crippen MR) is 113 cm³/mol. The summed E-state index contributed by atoms with van der Waals surface area (Å²) >= 11 is 6.11. The minimum atomic E-state index is -0.134. The summed E-state index contributed by atoms with van der Waals surface area (Å²) in [6.45, 7) is 2.36. The molecule has 3 aromatic rings. The van der Waals surface area contributed by atoms with E-state index in [4.69, 9.17) is 17.3 Å². The number of nitrogen functional groups attached to an aromatic ring is 1. The number of halogens is 1. The molecule has 146 valence electrons. The molecule has 0 saturated carbocycles. The molecule has 0 radical (unpaired) electrons. The molecule has 0 fully saturated rings. The third-order valence-corrected chi connectivity index (χ3v) is 4.78. The first-order valence-electron chi connectivity index (χ1n) is 8.98. The molecule has 0 aliphatic carbocycles. The standard InChI is InChI=1S/C21H24ClN5O/c1-14-11-20(23)27(25-14)18-9-7-15(8-10-18)21(28)24-13-19(26(2)3)16-5-4-6-17(22)12-16/h4-12,19H,13,23H2,1-3H3,(H,24,28). The third-order valence-electron chi connectivity index (χ3n) is 4.55. The van der Waals surface area contributed by atoms with Crippen LogP contribution in [0.2, 0.25) is 5.02 Å². The maximum Gasteiger partial charge on any atom is 0.251 e.